The third kappa shape index (κ3) is 7.13. The van der Waals surface area contributed by atoms with Gasteiger partial charge in [-0.3, -0.25) is 4.79 Å². The average molecular weight is 486 g/mol. The molecule has 0 N–H and O–H groups in total. The van der Waals surface area contributed by atoms with E-state index in [1.54, 1.807) is 23.1 Å². The van der Waals surface area contributed by atoms with Crippen molar-refractivity contribution in [1.82, 2.24) is 4.90 Å². The number of hydrogen-bond donors (Lipinski definition) is 0. The molecule has 0 aliphatic heterocycles. The number of nitrogens with zero attached hydrogens (tertiary/aromatic N) is 1. The zero-order chi connectivity index (χ0) is 24.6. The van der Waals surface area contributed by atoms with Crippen LogP contribution in [0, 0.1) is 5.82 Å². The van der Waals surface area contributed by atoms with Crippen molar-refractivity contribution in [2.45, 2.75) is 44.4 Å². The van der Waals surface area contributed by atoms with Gasteiger partial charge < -0.3 is 13.8 Å². The SMILES string of the molecule is CCC(C)N(Cc1cccc(OS(=O)(=O)c2ccc(F)cc2)c1)C(=O)COCc1ccccc1. The summed E-state index contributed by atoms with van der Waals surface area (Å²) in [6.07, 6.45) is 0.750. The number of benzene rings is 3. The Morgan fingerprint density at radius 1 is 0.971 bits per heavy atom. The van der Waals surface area contributed by atoms with E-state index in [-0.39, 0.29) is 35.7 Å². The van der Waals surface area contributed by atoms with Gasteiger partial charge in [0.05, 0.1) is 6.61 Å². The number of halogens is 1. The Bertz CT molecular complexity index is 1180. The lowest BCUT2D eigenvalue weighted by molar-refractivity contribution is -0.139. The molecule has 1 amide bonds. The van der Waals surface area contributed by atoms with Crippen LogP contribution < -0.4 is 4.18 Å². The van der Waals surface area contributed by atoms with Crippen molar-refractivity contribution in [3.8, 4) is 5.75 Å². The van der Waals surface area contributed by atoms with Crippen LogP contribution in [-0.4, -0.2) is 31.9 Å². The highest BCUT2D eigenvalue weighted by Crippen LogP contribution is 2.22. The van der Waals surface area contributed by atoms with Crippen LogP contribution in [0.3, 0.4) is 0 Å². The summed E-state index contributed by atoms with van der Waals surface area (Å²) in [4.78, 5) is 14.5. The second-order valence-electron chi connectivity index (χ2n) is 7.90. The molecule has 1 atom stereocenters. The first-order valence-electron chi connectivity index (χ1n) is 11.0. The van der Waals surface area contributed by atoms with Gasteiger partial charge in [0.15, 0.2) is 0 Å². The molecule has 0 saturated carbocycles. The van der Waals surface area contributed by atoms with E-state index in [2.05, 4.69) is 0 Å². The highest BCUT2D eigenvalue weighted by Gasteiger charge is 2.21. The number of hydrogen-bond acceptors (Lipinski definition) is 5. The summed E-state index contributed by atoms with van der Waals surface area (Å²) in [6.45, 7) is 4.50. The minimum atomic E-state index is -4.12. The highest BCUT2D eigenvalue weighted by molar-refractivity contribution is 7.87. The Morgan fingerprint density at radius 2 is 1.65 bits per heavy atom. The number of ether oxygens (including phenoxy) is 1. The second-order valence-corrected chi connectivity index (χ2v) is 9.44. The minimum absolute atomic E-state index is 0.0413. The number of amides is 1. The monoisotopic (exact) mass is 485 g/mol. The fourth-order valence-corrected chi connectivity index (χ4v) is 4.21. The van der Waals surface area contributed by atoms with Gasteiger partial charge >= 0.3 is 10.1 Å². The number of carbonyl (C=O) groups excluding carboxylic acids is 1. The third-order valence-electron chi connectivity index (χ3n) is 5.34. The normalized spacial score (nSPS) is 12.2. The van der Waals surface area contributed by atoms with E-state index in [1.165, 1.54) is 6.07 Å². The lowest BCUT2D eigenvalue weighted by atomic mass is 10.1. The first kappa shape index (κ1) is 25.4. The van der Waals surface area contributed by atoms with Gasteiger partial charge in [0.1, 0.15) is 23.1 Å². The first-order valence-corrected chi connectivity index (χ1v) is 12.4. The Morgan fingerprint density at radius 3 is 2.32 bits per heavy atom. The Balaban J connectivity index is 1.67. The predicted molar refractivity (Wildman–Crippen MR) is 127 cm³/mol. The van der Waals surface area contributed by atoms with Crippen LogP contribution >= 0.6 is 0 Å². The van der Waals surface area contributed by atoms with Crippen LogP contribution in [0.5, 0.6) is 5.75 Å². The van der Waals surface area contributed by atoms with E-state index in [0.29, 0.717) is 12.2 Å². The van der Waals surface area contributed by atoms with Crippen LogP contribution in [0.25, 0.3) is 0 Å². The molecular weight excluding hydrogens is 457 g/mol. The molecule has 3 aromatic rings. The van der Waals surface area contributed by atoms with Crippen molar-refractivity contribution in [2.75, 3.05) is 6.61 Å². The van der Waals surface area contributed by atoms with Crippen molar-refractivity contribution < 1.29 is 26.5 Å². The quantitative estimate of drug-likeness (QED) is 0.360. The molecule has 0 heterocycles. The molecule has 8 heteroatoms. The van der Waals surface area contributed by atoms with Crippen LogP contribution in [0.4, 0.5) is 4.39 Å². The summed E-state index contributed by atoms with van der Waals surface area (Å²) in [5.74, 6) is -0.585. The summed E-state index contributed by atoms with van der Waals surface area (Å²) in [5.41, 5.74) is 1.70. The summed E-state index contributed by atoms with van der Waals surface area (Å²) in [5, 5.41) is 0. The van der Waals surface area contributed by atoms with Crippen LogP contribution in [0.2, 0.25) is 0 Å². The Kier molecular flexibility index (Phi) is 8.79. The maximum Gasteiger partial charge on any atom is 0.339 e. The van der Waals surface area contributed by atoms with E-state index in [1.807, 2.05) is 44.2 Å². The van der Waals surface area contributed by atoms with Gasteiger partial charge in [0.2, 0.25) is 5.91 Å². The molecule has 0 aromatic heterocycles. The molecule has 34 heavy (non-hydrogen) atoms. The number of rotatable bonds is 11. The number of carbonyl (C=O) groups is 1. The summed E-state index contributed by atoms with van der Waals surface area (Å²) in [7, 11) is -4.12. The fraction of sp³-hybridized carbons (Fsp3) is 0.269. The van der Waals surface area contributed by atoms with Gasteiger partial charge in [0, 0.05) is 12.6 Å². The van der Waals surface area contributed by atoms with Gasteiger partial charge in [-0.2, -0.15) is 8.42 Å². The van der Waals surface area contributed by atoms with Gasteiger partial charge in [-0.15, -0.1) is 0 Å². The highest BCUT2D eigenvalue weighted by atomic mass is 32.2. The van der Waals surface area contributed by atoms with E-state index in [4.69, 9.17) is 8.92 Å². The lowest BCUT2D eigenvalue weighted by Gasteiger charge is -2.29. The fourth-order valence-electron chi connectivity index (χ4n) is 3.29. The lowest BCUT2D eigenvalue weighted by Crippen LogP contribution is -2.40. The first-order chi connectivity index (χ1) is 16.3. The van der Waals surface area contributed by atoms with Crippen molar-refractivity contribution in [3.05, 3.63) is 95.8 Å². The molecule has 3 rings (SSSR count). The molecule has 180 valence electrons. The smallest absolute Gasteiger partial charge is 0.339 e. The van der Waals surface area contributed by atoms with Crippen LogP contribution in [0.1, 0.15) is 31.4 Å². The van der Waals surface area contributed by atoms with Crippen LogP contribution in [-0.2, 0) is 32.8 Å². The molecule has 0 fully saturated rings. The topological polar surface area (TPSA) is 72.9 Å². The Hall–Kier alpha value is -3.23. The molecular formula is C26H28FNO5S. The molecule has 0 bridgehead atoms. The van der Waals surface area contributed by atoms with Gasteiger partial charge in [-0.05, 0) is 60.9 Å². The summed E-state index contributed by atoms with van der Waals surface area (Å²) in [6, 6.07) is 20.5. The molecule has 1 unspecified atom stereocenters. The third-order valence-corrected chi connectivity index (χ3v) is 6.60. The minimum Gasteiger partial charge on any atom is -0.379 e. The average Bonchev–Trinajstić information content (AvgIpc) is 2.83. The molecule has 6 nitrogen and oxygen atoms in total. The second kappa shape index (κ2) is 11.8. The van der Waals surface area contributed by atoms with E-state index in [0.717, 1.165) is 36.2 Å². The van der Waals surface area contributed by atoms with Crippen molar-refractivity contribution in [3.63, 3.8) is 0 Å². The zero-order valence-corrected chi connectivity index (χ0v) is 20.0. The van der Waals surface area contributed by atoms with E-state index < -0.39 is 15.9 Å². The summed E-state index contributed by atoms with van der Waals surface area (Å²) >= 11 is 0. The van der Waals surface area contributed by atoms with E-state index in [9.17, 15) is 17.6 Å². The van der Waals surface area contributed by atoms with Gasteiger partial charge in [-0.1, -0.05) is 49.4 Å². The molecule has 3 aromatic carbocycles. The van der Waals surface area contributed by atoms with Crippen molar-refractivity contribution >= 4 is 16.0 Å². The maximum atomic E-state index is 13.1. The summed E-state index contributed by atoms with van der Waals surface area (Å²) < 4.78 is 49.0. The molecule has 0 saturated heterocycles. The van der Waals surface area contributed by atoms with Gasteiger partial charge in [0.25, 0.3) is 0 Å². The van der Waals surface area contributed by atoms with Crippen molar-refractivity contribution in [2.24, 2.45) is 0 Å². The largest absolute Gasteiger partial charge is 0.379 e. The van der Waals surface area contributed by atoms with Crippen LogP contribution in [0.15, 0.2) is 83.8 Å². The molecule has 0 radical (unpaired) electrons. The standard InChI is InChI=1S/C26H28FNO5S/c1-3-20(2)28(26(29)19-32-18-21-8-5-4-6-9-21)17-22-10-7-11-24(16-22)33-34(30,31)25-14-12-23(27)13-15-25/h4-16,20H,3,17-19H2,1-2H3. The molecule has 0 spiro atoms. The Labute approximate surface area is 200 Å². The molecule has 0 aliphatic rings. The molecule has 0 aliphatic carbocycles. The predicted octanol–water partition coefficient (Wildman–Crippen LogP) is 4.94. The maximum absolute atomic E-state index is 13.1. The van der Waals surface area contributed by atoms with Gasteiger partial charge in [-0.25, -0.2) is 4.39 Å². The zero-order valence-electron chi connectivity index (χ0n) is 19.2. The van der Waals surface area contributed by atoms with E-state index >= 15 is 0 Å². The van der Waals surface area contributed by atoms with Crippen molar-refractivity contribution in [1.29, 1.82) is 0 Å².